The maximum Gasteiger partial charge on any atom is 0.262 e. The van der Waals surface area contributed by atoms with Crippen molar-refractivity contribution >= 4 is 40.0 Å². The van der Waals surface area contributed by atoms with Crippen LogP contribution in [0.25, 0.3) is 16.7 Å². The quantitative estimate of drug-likeness (QED) is 0.369. The van der Waals surface area contributed by atoms with Crippen molar-refractivity contribution in [3.05, 3.63) is 64.4 Å². The van der Waals surface area contributed by atoms with Crippen molar-refractivity contribution < 1.29 is 4.79 Å². The number of unbranched alkanes of at least 4 members (excludes halogenated alkanes) is 1. The molecule has 4 aromatic rings. The summed E-state index contributed by atoms with van der Waals surface area (Å²) in [5.41, 5.74) is 3.17. The highest BCUT2D eigenvalue weighted by atomic mass is 32.2. The van der Waals surface area contributed by atoms with Gasteiger partial charge in [0.2, 0.25) is 11.7 Å². The topological polar surface area (TPSA) is 75.7 Å². The average Bonchev–Trinajstić information content (AvgIpc) is 3.31. The molecule has 0 saturated carbocycles. The predicted molar refractivity (Wildman–Crippen MR) is 140 cm³/mol. The highest BCUT2D eigenvalue weighted by Crippen LogP contribution is 2.23. The maximum absolute atomic E-state index is 13.1. The monoisotopic (exact) mass is 490 g/mol. The van der Waals surface area contributed by atoms with Crippen LogP contribution in [0.15, 0.2) is 58.5 Å². The molecule has 1 fully saturated rings. The number of carbonyl (C=O) groups is 1. The predicted octanol–water partition coefficient (Wildman–Crippen LogP) is 3.59. The van der Waals surface area contributed by atoms with Crippen LogP contribution in [0.4, 0.5) is 5.69 Å². The van der Waals surface area contributed by atoms with E-state index < -0.39 is 0 Å². The largest absolute Gasteiger partial charge is 0.368 e. The smallest absolute Gasteiger partial charge is 0.262 e. The molecule has 1 amide bonds. The number of hydrogen-bond donors (Lipinski definition) is 0. The van der Waals surface area contributed by atoms with Crippen LogP contribution in [0.2, 0.25) is 0 Å². The molecule has 35 heavy (non-hydrogen) atoms. The number of benzene rings is 2. The first kappa shape index (κ1) is 23.4. The van der Waals surface area contributed by atoms with Crippen LogP contribution < -0.4 is 10.5 Å². The third kappa shape index (κ3) is 4.65. The van der Waals surface area contributed by atoms with Gasteiger partial charge in [-0.3, -0.25) is 18.6 Å². The molecule has 3 heterocycles. The van der Waals surface area contributed by atoms with Gasteiger partial charge in [-0.05, 0) is 43.2 Å². The van der Waals surface area contributed by atoms with E-state index in [0.29, 0.717) is 36.0 Å². The number of aryl methyl sites for hydroxylation is 2. The third-order valence-electron chi connectivity index (χ3n) is 6.54. The fraction of sp³-hybridized carbons (Fsp3) is 0.385. The third-order valence-corrected chi connectivity index (χ3v) is 7.45. The Labute approximate surface area is 208 Å². The summed E-state index contributed by atoms with van der Waals surface area (Å²) in [6.45, 7) is 7.84. The summed E-state index contributed by atoms with van der Waals surface area (Å²) in [6.07, 6.45) is 1.86. The van der Waals surface area contributed by atoms with Crippen molar-refractivity contribution in [3.8, 4) is 0 Å². The lowest BCUT2D eigenvalue weighted by Crippen LogP contribution is -2.49. The second kappa shape index (κ2) is 10.1. The molecule has 0 aliphatic carbocycles. The van der Waals surface area contributed by atoms with E-state index in [1.165, 1.54) is 23.0 Å². The summed E-state index contributed by atoms with van der Waals surface area (Å²) in [5.74, 6) is 0.913. The molecule has 2 aromatic heterocycles. The number of carbonyl (C=O) groups excluding carboxylic acids is 1. The van der Waals surface area contributed by atoms with Gasteiger partial charge in [-0.1, -0.05) is 49.4 Å². The van der Waals surface area contributed by atoms with E-state index in [-0.39, 0.29) is 17.2 Å². The molecule has 0 bridgehead atoms. The Morgan fingerprint density at radius 2 is 1.83 bits per heavy atom. The first-order chi connectivity index (χ1) is 17.1. The first-order valence-corrected chi connectivity index (χ1v) is 13.1. The van der Waals surface area contributed by atoms with Crippen LogP contribution in [0.1, 0.15) is 25.3 Å². The van der Waals surface area contributed by atoms with Crippen molar-refractivity contribution in [2.75, 3.05) is 36.8 Å². The summed E-state index contributed by atoms with van der Waals surface area (Å²) < 4.78 is 3.62. The molecule has 1 aliphatic heterocycles. The molecular weight excluding hydrogens is 460 g/mol. The minimum atomic E-state index is -0.0481. The molecule has 182 valence electrons. The average molecular weight is 491 g/mol. The summed E-state index contributed by atoms with van der Waals surface area (Å²) in [5, 5.41) is 9.98. The number of aromatic nitrogens is 4. The number of rotatable bonds is 7. The lowest BCUT2D eigenvalue weighted by atomic mass is 10.2. The van der Waals surface area contributed by atoms with Crippen molar-refractivity contribution in [1.82, 2.24) is 24.1 Å². The number of anilines is 1. The van der Waals surface area contributed by atoms with Gasteiger partial charge in [-0.25, -0.2) is 0 Å². The molecular formula is C26H30N6O2S. The zero-order chi connectivity index (χ0) is 24.4. The van der Waals surface area contributed by atoms with Gasteiger partial charge in [0.15, 0.2) is 5.16 Å². The van der Waals surface area contributed by atoms with E-state index in [1.807, 2.05) is 33.6 Å². The van der Waals surface area contributed by atoms with Gasteiger partial charge < -0.3 is 9.80 Å². The van der Waals surface area contributed by atoms with Crippen LogP contribution in [-0.2, 0) is 11.3 Å². The van der Waals surface area contributed by atoms with Crippen molar-refractivity contribution in [2.24, 2.45) is 0 Å². The molecule has 5 rings (SSSR count). The minimum Gasteiger partial charge on any atom is -0.368 e. The Morgan fingerprint density at radius 3 is 2.60 bits per heavy atom. The molecule has 0 unspecified atom stereocenters. The van der Waals surface area contributed by atoms with Crippen LogP contribution in [0.3, 0.4) is 0 Å². The second-order valence-corrected chi connectivity index (χ2v) is 9.88. The zero-order valence-corrected chi connectivity index (χ0v) is 21.0. The lowest BCUT2D eigenvalue weighted by Gasteiger charge is -2.36. The highest BCUT2D eigenvalue weighted by molar-refractivity contribution is 7.99. The van der Waals surface area contributed by atoms with Gasteiger partial charge in [-0.2, -0.15) is 0 Å². The van der Waals surface area contributed by atoms with Crippen molar-refractivity contribution in [2.45, 2.75) is 38.4 Å². The Kier molecular flexibility index (Phi) is 6.77. The van der Waals surface area contributed by atoms with E-state index >= 15 is 0 Å². The minimum absolute atomic E-state index is 0.0481. The van der Waals surface area contributed by atoms with Crippen molar-refractivity contribution in [1.29, 1.82) is 0 Å². The van der Waals surface area contributed by atoms with Crippen LogP contribution in [0, 0.1) is 6.92 Å². The van der Waals surface area contributed by atoms with Crippen molar-refractivity contribution in [3.63, 3.8) is 0 Å². The molecule has 2 aromatic carbocycles. The molecule has 0 radical (unpaired) electrons. The molecule has 1 saturated heterocycles. The van der Waals surface area contributed by atoms with E-state index in [9.17, 15) is 9.59 Å². The van der Waals surface area contributed by atoms with E-state index in [4.69, 9.17) is 0 Å². The number of fused-ring (bicyclic) bond motifs is 3. The number of piperazine rings is 1. The van der Waals surface area contributed by atoms with Gasteiger partial charge >= 0.3 is 0 Å². The number of amides is 1. The van der Waals surface area contributed by atoms with Gasteiger partial charge in [0.1, 0.15) is 0 Å². The number of para-hydroxylation sites is 1. The van der Waals surface area contributed by atoms with Gasteiger partial charge in [0.05, 0.1) is 16.7 Å². The molecule has 0 atom stereocenters. The number of nitrogens with zero attached hydrogens (tertiary/aromatic N) is 6. The number of thioether (sulfide) groups is 1. The summed E-state index contributed by atoms with van der Waals surface area (Å²) in [4.78, 5) is 30.4. The molecule has 9 heteroatoms. The second-order valence-electron chi connectivity index (χ2n) is 8.94. The van der Waals surface area contributed by atoms with E-state index in [0.717, 1.165) is 31.4 Å². The van der Waals surface area contributed by atoms with E-state index in [2.05, 4.69) is 53.2 Å². The fourth-order valence-corrected chi connectivity index (χ4v) is 5.44. The summed E-state index contributed by atoms with van der Waals surface area (Å²) >= 11 is 1.38. The van der Waals surface area contributed by atoms with Crippen LogP contribution in [-0.4, -0.2) is 61.9 Å². The highest BCUT2D eigenvalue weighted by Gasteiger charge is 2.23. The van der Waals surface area contributed by atoms with Gasteiger partial charge in [-0.15, -0.1) is 10.2 Å². The number of hydrogen-bond acceptors (Lipinski definition) is 6. The van der Waals surface area contributed by atoms with Crippen LogP contribution in [0.5, 0.6) is 0 Å². The molecule has 1 aliphatic rings. The van der Waals surface area contributed by atoms with E-state index in [1.54, 1.807) is 4.57 Å². The fourth-order valence-electron chi connectivity index (χ4n) is 4.60. The Bertz CT molecular complexity index is 1420. The molecule has 0 N–H and O–H groups in total. The standard InChI is InChI=1S/C26H30N6O2S/c1-3-4-12-31-24(34)21-10-5-6-11-22(21)32-25(31)27-28-26(32)35-18-23(33)30-15-13-29(14-16-30)20-9-7-8-19(2)17-20/h5-11,17H,3-4,12-16,18H2,1-2H3. The zero-order valence-electron chi connectivity index (χ0n) is 20.2. The Morgan fingerprint density at radius 1 is 1.03 bits per heavy atom. The van der Waals surface area contributed by atoms with Gasteiger partial charge in [0.25, 0.3) is 5.56 Å². The summed E-state index contributed by atoms with van der Waals surface area (Å²) in [7, 11) is 0. The maximum atomic E-state index is 13.1. The Hall–Kier alpha value is -3.33. The summed E-state index contributed by atoms with van der Waals surface area (Å²) in [6, 6.07) is 16.0. The SMILES string of the molecule is CCCCn1c(=O)c2ccccc2n2c(SCC(=O)N3CCN(c4cccc(C)c4)CC3)nnc12. The van der Waals surface area contributed by atoms with Crippen LogP contribution >= 0.6 is 11.8 Å². The lowest BCUT2D eigenvalue weighted by molar-refractivity contribution is -0.128. The normalized spacial score (nSPS) is 14.2. The van der Waals surface area contributed by atoms with Gasteiger partial charge in [0, 0.05) is 38.4 Å². The molecule has 8 nitrogen and oxygen atoms in total. The molecule has 0 spiro atoms. The first-order valence-electron chi connectivity index (χ1n) is 12.2. The Balaban J connectivity index is 1.32.